The van der Waals surface area contributed by atoms with Crippen molar-refractivity contribution < 1.29 is 4.79 Å². The standard InChI is InChI=1S/C17H15N3O2S/c1-20(16(21)9-8-12-5-4-10-23-12)11-15-18-14-7-3-2-6-13(14)17(22)19-15/h2-10H,11H2,1H3,(H,18,19,22). The molecule has 0 atom stereocenters. The first-order valence-corrected chi connectivity index (χ1v) is 7.96. The van der Waals surface area contributed by atoms with E-state index in [2.05, 4.69) is 9.97 Å². The van der Waals surface area contributed by atoms with Crippen LogP contribution in [0.5, 0.6) is 0 Å². The van der Waals surface area contributed by atoms with E-state index in [1.165, 1.54) is 11.0 Å². The second kappa shape index (κ2) is 6.58. The number of fused-ring (bicyclic) bond motifs is 1. The number of nitrogens with one attached hydrogen (secondary N) is 1. The van der Waals surface area contributed by atoms with E-state index >= 15 is 0 Å². The number of likely N-dealkylation sites (N-methyl/N-ethyl adjacent to an activating group) is 1. The average Bonchev–Trinajstić information content (AvgIpc) is 3.06. The first kappa shape index (κ1) is 15.2. The summed E-state index contributed by atoms with van der Waals surface area (Å²) < 4.78 is 0. The van der Waals surface area contributed by atoms with Gasteiger partial charge in [0.05, 0.1) is 17.4 Å². The molecule has 3 aromatic rings. The Labute approximate surface area is 136 Å². The Morgan fingerprint density at radius 3 is 2.91 bits per heavy atom. The van der Waals surface area contributed by atoms with Crippen molar-refractivity contribution in [3.63, 3.8) is 0 Å². The number of carbonyl (C=O) groups excluding carboxylic acids is 1. The Hall–Kier alpha value is -2.73. The number of hydrogen-bond acceptors (Lipinski definition) is 4. The van der Waals surface area contributed by atoms with E-state index in [9.17, 15) is 9.59 Å². The van der Waals surface area contributed by atoms with Crippen LogP contribution in [0, 0.1) is 0 Å². The van der Waals surface area contributed by atoms with Gasteiger partial charge < -0.3 is 9.88 Å². The predicted molar refractivity (Wildman–Crippen MR) is 92.2 cm³/mol. The molecular weight excluding hydrogens is 310 g/mol. The van der Waals surface area contributed by atoms with Crippen molar-refractivity contribution in [3.05, 3.63) is 68.9 Å². The second-order valence-corrected chi connectivity index (χ2v) is 6.05. The highest BCUT2D eigenvalue weighted by Crippen LogP contribution is 2.11. The molecule has 2 heterocycles. The van der Waals surface area contributed by atoms with Gasteiger partial charge in [-0.15, -0.1) is 11.3 Å². The van der Waals surface area contributed by atoms with Gasteiger partial charge >= 0.3 is 0 Å². The molecule has 1 N–H and O–H groups in total. The quantitative estimate of drug-likeness (QED) is 0.750. The molecule has 0 spiro atoms. The zero-order valence-corrected chi connectivity index (χ0v) is 13.3. The lowest BCUT2D eigenvalue weighted by Gasteiger charge is -2.14. The minimum Gasteiger partial charge on any atom is -0.335 e. The third kappa shape index (κ3) is 3.54. The van der Waals surface area contributed by atoms with Gasteiger partial charge in [0.2, 0.25) is 5.91 Å². The van der Waals surface area contributed by atoms with E-state index < -0.39 is 0 Å². The zero-order chi connectivity index (χ0) is 16.2. The minimum atomic E-state index is -0.194. The summed E-state index contributed by atoms with van der Waals surface area (Å²) in [6.07, 6.45) is 3.30. The lowest BCUT2D eigenvalue weighted by Crippen LogP contribution is -2.26. The van der Waals surface area contributed by atoms with Gasteiger partial charge in [-0.3, -0.25) is 9.59 Å². The topological polar surface area (TPSA) is 66.1 Å². The maximum Gasteiger partial charge on any atom is 0.258 e. The van der Waals surface area contributed by atoms with Crippen LogP contribution in [-0.4, -0.2) is 27.8 Å². The lowest BCUT2D eigenvalue weighted by atomic mass is 10.2. The van der Waals surface area contributed by atoms with Crippen molar-refractivity contribution in [3.8, 4) is 0 Å². The fourth-order valence-corrected chi connectivity index (χ4v) is 2.80. The molecule has 2 aromatic heterocycles. The fourth-order valence-electron chi connectivity index (χ4n) is 2.18. The maximum absolute atomic E-state index is 12.1. The van der Waals surface area contributed by atoms with Crippen molar-refractivity contribution in [1.82, 2.24) is 14.9 Å². The number of aromatic nitrogens is 2. The van der Waals surface area contributed by atoms with E-state index in [-0.39, 0.29) is 18.0 Å². The van der Waals surface area contributed by atoms with E-state index in [1.54, 1.807) is 42.7 Å². The van der Waals surface area contributed by atoms with Crippen molar-refractivity contribution in [1.29, 1.82) is 0 Å². The summed E-state index contributed by atoms with van der Waals surface area (Å²) in [5.41, 5.74) is 0.432. The molecular formula is C17H15N3O2S. The van der Waals surface area contributed by atoms with Gasteiger partial charge in [-0.1, -0.05) is 18.2 Å². The molecule has 0 aliphatic rings. The van der Waals surface area contributed by atoms with Crippen LogP contribution in [0.3, 0.4) is 0 Å². The molecule has 6 heteroatoms. The summed E-state index contributed by atoms with van der Waals surface area (Å²) in [5.74, 6) is 0.322. The lowest BCUT2D eigenvalue weighted by molar-refractivity contribution is -0.125. The fraction of sp³-hybridized carbons (Fsp3) is 0.118. The number of nitrogens with zero attached hydrogens (tertiary/aromatic N) is 2. The molecule has 0 radical (unpaired) electrons. The summed E-state index contributed by atoms with van der Waals surface area (Å²) in [7, 11) is 1.68. The number of amides is 1. The molecule has 0 aliphatic carbocycles. The highest BCUT2D eigenvalue weighted by molar-refractivity contribution is 7.10. The van der Waals surface area contributed by atoms with Gasteiger partial charge in [0, 0.05) is 18.0 Å². The number of rotatable bonds is 4. The average molecular weight is 325 g/mol. The van der Waals surface area contributed by atoms with Gasteiger partial charge in [-0.2, -0.15) is 0 Å². The van der Waals surface area contributed by atoms with Crippen molar-refractivity contribution >= 4 is 34.2 Å². The van der Waals surface area contributed by atoms with Crippen LogP contribution in [0.1, 0.15) is 10.7 Å². The number of para-hydroxylation sites is 1. The summed E-state index contributed by atoms with van der Waals surface area (Å²) >= 11 is 1.57. The normalized spacial score (nSPS) is 11.2. The van der Waals surface area contributed by atoms with Gasteiger partial charge in [-0.25, -0.2) is 4.98 Å². The maximum atomic E-state index is 12.1. The Morgan fingerprint density at radius 1 is 1.30 bits per heavy atom. The van der Waals surface area contributed by atoms with Crippen LogP contribution in [0.15, 0.2) is 52.6 Å². The molecule has 5 nitrogen and oxygen atoms in total. The summed E-state index contributed by atoms with van der Waals surface area (Å²) in [6, 6.07) is 11.0. The van der Waals surface area contributed by atoms with Gasteiger partial charge in [0.1, 0.15) is 5.82 Å². The number of carbonyl (C=O) groups is 1. The molecule has 0 bridgehead atoms. The highest BCUT2D eigenvalue weighted by atomic mass is 32.1. The van der Waals surface area contributed by atoms with Crippen LogP contribution in [0.4, 0.5) is 0 Å². The molecule has 116 valence electrons. The smallest absolute Gasteiger partial charge is 0.258 e. The summed E-state index contributed by atoms with van der Waals surface area (Å²) in [6.45, 7) is 0.244. The van der Waals surface area contributed by atoms with Crippen molar-refractivity contribution in [2.75, 3.05) is 7.05 Å². The van der Waals surface area contributed by atoms with Crippen LogP contribution in [-0.2, 0) is 11.3 Å². The van der Waals surface area contributed by atoms with Crippen LogP contribution in [0.2, 0.25) is 0 Å². The molecule has 0 saturated carbocycles. The molecule has 1 amide bonds. The van der Waals surface area contributed by atoms with Crippen LogP contribution < -0.4 is 5.56 Å². The van der Waals surface area contributed by atoms with Crippen LogP contribution in [0.25, 0.3) is 17.0 Å². The minimum absolute atomic E-state index is 0.144. The Morgan fingerprint density at radius 2 is 2.13 bits per heavy atom. The zero-order valence-electron chi connectivity index (χ0n) is 12.5. The SMILES string of the molecule is CN(Cc1nc2ccccc2c(=O)[nH]1)C(=O)C=Cc1cccs1. The van der Waals surface area contributed by atoms with E-state index in [0.717, 1.165) is 4.88 Å². The van der Waals surface area contributed by atoms with Gasteiger partial charge in [0.25, 0.3) is 5.56 Å². The molecule has 0 fully saturated rings. The third-order valence-corrected chi connectivity index (χ3v) is 4.20. The highest BCUT2D eigenvalue weighted by Gasteiger charge is 2.09. The van der Waals surface area contributed by atoms with Gasteiger partial charge in [-0.05, 0) is 29.7 Å². The number of aromatic amines is 1. The molecule has 0 saturated heterocycles. The first-order chi connectivity index (χ1) is 11.1. The molecule has 23 heavy (non-hydrogen) atoms. The Kier molecular flexibility index (Phi) is 4.34. The summed E-state index contributed by atoms with van der Waals surface area (Å²) in [5, 5.41) is 2.50. The van der Waals surface area contributed by atoms with Crippen LogP contribution >= 0.6 is 11.3 Å². The second-order valence-electron chi connectivity index (χ2n) is 5.07. The number of benzene rings is 1. The molecule has 1 aromatic carbocycles. The van der Waals surface area contributed by atoms with Crippen molar-refractivity contribution in [2.45, 2.75) is 6.54 Å². The number of H-pyrrole nitrogens is 1. The first-order valence-electron chi connectivity index (χ1n) is 7.08. The largest absolute Gasteiger partial charge is 0.335 e. The summed E-state index contributed by atoms with van der Waals surface area (Å²) in [4.78, 5) is 33.8. The Bertz CT molecular complexity index is 913. The number of hydrogen-bond donors (Lipinski definition) is 1. The van der Waals surface area contributed by atoms with Gasteiger partial charge in [0.15, 0.2) is 0 Å². The Balaban J connectivity index is 1.76. The molecule has 3 rings (SSSR count). The third-order valence-electron chi connectivity index (χ3n) is 3.36. The van der Waals surface area contributed by atoms with Crippen molar-refractivity contribution in [2.24, 2.45) is 0 Å². The van der Waals surface area contributed by atoms with E-state index in [4.69, 9.17) is 0 Å². The number of thiophene rings is 1. The molecule has 0 aliphatic heterocycles. The van der Waals surface area contributed by atoms with E-state index in [0.29, 0.717) is 16.7 Å². The van der Waals surface area contributed by atoms with E-state index in [1.807, 2.05) is 23.6 Å². The monoisotopic (exact) mass is 325 g/mol. The molecule has 0 unspecified atom stereocenters. The predicted octanol–water partition coefficient (Wildman–Crippen LogP) is 2.66.